The second kappa shape index (κ2) is 8.15. The Morgan fingerprint density at radius 3 is 2.19 bits per heavy atom. The minimum absolute atomic E-state index is 0.00362. The molecule has 0 heterocycles. The number of hydrogen-bond donors (Lipinski definition) is 2. The molecule has 3 N–H and O–H groups in total. The molecule has 9 heteroatoms. The van der Waals surface area contributed by atoms with Crippen LogP contribution in [-0.2, 0) is 28.6 Å². The van der Waals surface area contributed by atoms with Gasteiger partial charge < -0.3 is 11.1 Å². The van der Waals surface area contributed by atoms with Gasteiger partial charge in [0.05, 0.1) is 12.0 Å². The summed E-state index contributed by atoms with van der Waals surface area (Å²) >= 11 is 0. The van der Waals surface area contributed by atoms with Crippen LogP contribution in [0.5, 0.6) is 0 Å². The predicted octanol–water partition coefficient (Wildman–Crippen LogP) is 2.74. The molecule has 0 aromatic heterocycles. The number of benzene rings is 2. The van der Waals surface area contributed by atoms with Crippen LogP contribution in [0.4, 0.5) is 22.0 Å². The minimum Gasteiger partial charge on any atom is -0.368 e. The average molecular weight is 386 g/mol. The lowest BCUT2D eigenvalue weighted by Crippen LogP contribution is -2.46. The fourth-order valence-electron chi connectivity index (χ4n) is 2.56. The van der Waals surface area contributed by atoms with Crippen LogP contribution in [0.15, 0.2) is 42.5 Å². The number of rotatable bonds is 6. The number of carbonyl (C=O) groups is 2. The number of nitrogens with two attached hydrogens (primary N) is 1. The molecule has 144 valence electrons. The second-order valence-electron chi connectivity index (χ2n) is 5.84. The van der Waals surface area contributed by atoms with E-state index in [9.17, 15) is 31.5 Å². The van der Waals surface area contributed by atoms with E-state index < -0.39 is 54.1 Å². The number of carbonyl (C=O) groups excluding carboxylic acids is 2. The number of primary amides is 1. The molecular formula is C18H15F5N2O2. The van der Waals surface area contributed by atoms with Crippen molar-refractivity contribution in [1.29, 1.82) is 0 Å². The topological polar surface area (TPSA) is 72.2 Å². The molecule has 0 bridgehead atoms. The third-order valence-corrected chi connectivity index (χ3v) is 3.71. The first-order chi connectivity index (χ1) is 12.6. The van der Waals surface area contributed by atoms with Crippen molar-refractivity contribution in [2.45, 2.75) is 25.1 Å². The Hall–Kier alpha value is -2.97. The Labute approximate surface area is 151 Å². The molecule has 0 aliphatic heterocycles. The van der Waals surface area contributed by atoms with E-state index in [0.29, 0.717) is 6.07 Å². The lowest BCUT2D eigenvalue weighted by molar-refractivity contribution is -0.138. The summed E-state index contributed by atoms with van der Waals surface area (Å²) in [6.07, 6.45) is -5.59. The summed E-state index contributed by atoms with van der Waals surface area (Å²) < 4.78 is 65.5. The maximum absolute atomic E-state index is 13.2. The molecule has 0 unspecified atom stereocenters. The minimum atomic E-state index is -4.64. The van der Waals surface area contributed by atoms with Crippen molar-refractivity contribution < 1.29 is 31.5 Å². The molecular weight excluding hydrogens is 371 g/mol. The van der Waals surface area contributed by atoms with Crippen molar-refractivity contribution in [2.24, 2.45) is 5.73 Å². The van der Waals surface area contributed by atoms with Crippen molar-refractivity contribution in [3.8, 4) is 0 Å². The third-order valence-electron chi connectivity index (χ3n) is 3.71. The molecule has 0 aliphatic rings. The van der Waals surface area contributed by atoms with Crippen LogP contribution >= 0.6 is 0 Å². The van der Waals surface area contributed by atoms with Crippen LogP contribution in [0.2, 0.25) is 0 Å². The quantitative estimate of drug-likeness (QED) is 0.750. The van der Waals surface area contributed by atoms with Gasteiger partial charge in [0.2, 0.25) is 11.8 Å². The summed E-state index contributed by atoms with van der Waals surface area (Å²) in [5.74, 6) is -3.62. The zero-order valence-electron chi connectivity index (χ0n) is 13.8. The molecule has 0 fully saturated rings. The maximum atomic E-state index is 13.2. The number of hydrogen-bond acceptors (Lipinski definition) is 2. The van der Waals surface area contributed by atoms with Gasteiger partial charge in [-0.05, 0) is 29.3 Å². The molecule has 27 heavy (non-hydrogen) atoms. The van der Waals surface area contributed by atoms with E-state index in [4.69, 9.17) is 5.73 Å². The van der Waals surface area contributed by atoms with Gasteiger partial charge in [0, 0.05) is 12.5 Å². The second-order valence-corrected chi connectivity index (χ2v) is 5.84. The van der Waals surface area contributed by atoms with Gasteiger partial charge in [-0.15, -0.1) is 0 Å². The van der Waals surface area contributed by atoms with Gasteiger partial charge in [0.25, 0.3) is 0 Å². The summed E-state index contributed by atoms with van der Waals surface area (Å²) in [5, 5.41) is 2.21. The van der Waals surface area contributed by atoms with E-state index >= 15 is 0 Å². The predicted molar refractivity (Wildman–Crippen MR) is 86.3 cm³/mol. The van der Waals surface area contributed by atoms with Crippen molar-refractivity contribution in [2.75, 3.05) is 0 Å². The van der Waals surface area contributed by atoms with Crippen LogP contribution in [0.3, 0.4) is 0 Å². The number of halogens is 5. The monoisotopic (exact) mass is 386 g/mol. The van der Waals surface area contributed by atoms with Gasteiger partial charge in [-0.1, -0.05) is 18.2 Å². The molecule has 2 rings (SSSR count). The molecule has 0 saturated heterocycles. The molecule has 2 aromatic carbocycles. The van der Waals surface area contributed by atoms with Gasteiger partial charge in [-0.3, -0.25) is 9.59 Å². The Morgan fingerprint density at radius 2 is 1.63 bits per heavy atom. The maximum Gasteiger partial charge on any atom is 0.416 e. The highest BCUT2D eigenvalue weighted by Crippen LogP contribution is 2.32. The number of amides is 2. The first-order valence-corrected chi connectivity index (χ1v) is 7.75. The van der Waals surface area contributed by atoms with Crippen molar-refractivity contribution in [3.05, 3.63) is 70.8 Å². The lowest BCUT2D eigenvalue weighted by atomic mass is 9.99. The fraction of sp³-hybridized carbons (Fsp3) is 0.222. The Kier molecular flexibility index (Phi) is 6.14. The van der Waals surface area contributed by atoms with Crippen LogP contribution in [-0.4, -0.2) is 17.9 Å². The SMILES string of the molecule is NC(=O)[C@H](Cc1ccccc1C(F)(F)F)NC(=O)Cc1cc(F)cc(F)c1. The van der Waals surface area contributed by atoms with E-state index in [0.717, 1.165) is 18.2 Å². The molecule has 0 aliphatic carbocycles. The first-order valence-electron chi connectivity index (χ1n) is 7.75. The van der Waals surface area contributed by atoms with Crippen LogP contribution in [0.1, 0.15) is 16.7 Å². The first kappa shape index (κ1) is 20.3. The van der Waals surface area contributed by atoms with Crippen molar-refractivity contribution in [3.63, 3.8) is 0 Å². The highest BCUT2D eigenvalue weighted by molar-refractivity contribution is 5.87. The van der Waals surface area contributed by atoms with Gasteiger partial charge in [-0.2, -0.15) is 13.2 Å². The summed E-state index contributed by atoms with van der Waals surface area (Å²) in [5.41, 5.74) is 4.02. The van der Waals surface area contributed by atoms with Crippen LogP contribution in [0, 0.1) is 11.6 Å². The van der Waals surface area contributed by atoms with Crippen molar-refractivity contribution in [1.82, 2.24) is 5.32 Å². The zero-order valence-corrected chi connectivity index (χ0v) is 13.8. The van der Waals surface area contributed by atoms with E-state index in [2.05, 4.69) is 5.32 Å². The fourth-order valence-corrected chi connectivity index (χ4v) is 2.56. The molecule has 2 amide bonds. The molecule has 4 nitrogen and oxygen atoms in total. The summed E-state index contributed by atoms with van der Waals surface area (Å²) in [6, 6.07) is 5.66. The van der Waals surface area contributed by atoms with Gasteiger partial charge in [0.15, 0.2) is 0 Å². The molecule has 1 atom stereocenters. The number of alkyl halides is 3. The largest absolute Gasteiger partial charge is 0.416 e. The molecule has 0 radical (unpaired) electrons. The Balaban J connectivity index is 2.15. The van der Waals surface area contributed by atoms with E-state index in [1.807, 2.05) is 0 Å². The smallest absolute Gasteiger partial charge is 0.368 e. The van der Waals surface area contributed by atoms with E-state index in [-0.39, 0.29) is 11.1 Å². The summed E-state index contributed by atoms with van der Waals surface area (Å²) in [4.78, 5) is 23.6. The molecule has 0 saturated carbocycles. The average Bonchev–Trinajstić information content (AvgIpc) is 2.52. The van der Waals surface area contributed by atoms with Crippen LogP contribution < -0.4 is 11.1 Å². The third kappa shape index (κ3) is 5.77. The lowest BCUT2D eigenvalue weighted by Gasteiger charge is -2.18. The normalized spacial score (nSPS) is 12.5. The Morgan fingerprint density at radius 1 is 1.04 bits per heavy atom. The molecule has 2 aromatic rings. The highest BCUT2D eigenvalue weighted by atomic mass is 19.4. The number of nitrogens with one attached hydrogen (secondary N) is 1. The summed E-state index contributed by atoms with van der Waals surface area (Å²) in [6.45, 7) is 0. The van der Waals surface area contributed by atoms with E-state index in [1.54, 1.807) is 0 Å². The van der Waals surface area contributed by atoms with Crippen molar-refractivity contribution >= 4 is 11.8 Å². The van der Waals surface area contributed by atoms with Gasteiger partial charge in [-0.25, -0.2) is 8.78 Å². The van der Waals surface area contributed by atoms with Gasteiger partial charge in [0.1, 0.15) is 17.7 Å². The van der Waals surface area contributed by atoms with Crippen LogP contribution in [0.25, 0.3) is 0 Å². The van der Waals surface area contributed by atoms with E-state index in [1.165, 1.54) is 18.2 Å². The Bertz CT molecular complexity index is 832. The zero-order chi connectivity index (χ0) is 20.2. The standard InChI is InChI=1S/C18H15F5N2O2/c19-12-5-10(6-13(20)9-12)7-16(26)25-15(17(24)27)8-11-3-1-2-4-14(11)18(21,22)23/h1-6,9,15H,7-8H2,(H2,24,27)(H,25,26)/t15-/m0/s1. The van der Waals surface area contributed by atoms with Gasteiger partial charge >= 0.3 is 6.18 Å². The highest BCUT2D eigenvalue weighted by Gasteiger charge is 2.34. The summed E-state index contributed by atoms with van der Waals surface area (Å²) in [7, 11) is 0. The molecule has 0 spiro atoms.